The highest BCUT2D eigenvalue weighted by Gasteiger charge is 2.15. The Hall–Kier alpha value is -3.19. The second-order valence-electron chi connectivity index (χ2n) is 4.71. The van der Waals surface area contributed by atoms with Crippen molar-refractivity contribution in [2.75, 3.05) is 0 Å². The fourth-order valence-corrected chi connectivity index (χ4v) is 2.09. The Morgan fingerprint density at radius 2 is 1.75 bits per heavy atom. The van der Waals surface area contributed by atoms with Crippen molar-refractivity contribution in [2.24, 2.45) is 0 Å². The van der Waals surface area contributed by atoms with Crippen molar-refractivity contribution in [1.29, 1.82) is 0 Å². The van der Waals surface area contributed by atoms with Gasteiger partial charge in [-0.25, -0.2) is 0 Å². The molecule has 0 saturated carbocycles. The number of benzene rings is 1. The van der Waals surface area contributed by atoms with E-state index in [4.69, 9.17) is 16.1 Å². The molecule has 3 aromatic rings. The maximum absolute atomic E-state index is 12.0. The number of nitrogens with zero attached hydrogens (tertiary/aromatic N) is 2. The summed E-state index contributed by atoms with van der Waals surface area (Å²) in [6.07, 6.45) is 1.48. The fraction of sp³-hybridized carbons (Fsp3) is 0. The van der Waals surface area contributed by atoms with Crippen LogP contribution in [0.1, 0.15) is 21.0 Å². The van der Waals surface area contributed by atoms with Crippen LogP contribution in [0.2, 0.25) is 5.02 Å². The van der Waals surface area contributed by atoms with Crippen LogP contribution in [0.5, 0.6) is 0 Å². The van der Waals surface area contributed by atoms with Crippen LogP contribution in [-0.2, 0) is 0 Å². The highest BCUT2D eigenvalue weighted by molar-refractivity contribution is 6.30. The fourth-order valence-electron chi connectivity index (χ4n) is 1.90. The maximum atomic E-state index is 12.0. The van der Waals surface area contributed by atoms with Gasteiger partial charge in [-0.3, -0.25) is 25.4 Å². The van der Waals surface area contributed by atoms with Gasteiger partial charge in [-0.05, 0) is 24.3 Å². The molecule has 0 bridgehead atoms. The van der Waals surface area contributed by atoms with Crippen molar-refractivity contribution >= 4 is 23.4 Å². The van der Waals surface area contributed by atoms with Crippen LogP contribution in [0.4, 0.5) is 0 Å². The molecule has 3 rings (SSSR count). The predicted molar refractivity (Wildman–Crippen MR) is 86.1 cm³/mol. The normalized spacial score (nSPS) is 10.2. The van der Waals surface area contributed by atoms with Crippen molar-refractivity contribution in [1.82, 2.24) is 21.0 Å². The molecule has 2 heterocycles. The third kappa shape index (κ3) is 3.58. The molecule has 0 aliphatic carbocycles. The van der Waals surface area contributed by atoms with Gasteiger partial charge in [0.2, 0.25) is 0 Å². The summed E-state index contributed by atoms with van der Waals surface area (Å²) in [5, 5.41) is 4.22. The van der Waals surface area contributed by atoms with E-state index in [0.29, 0.717) is 16.3 Å². The average molecular weight is 343 g/mol. The summed E-state index contributed by atoms with van der Waals surface area (Å²) in [5.41, 5.74) is 5.38. The molecule has 24 heavy (non-hydrogen) atoms. The monoisotopic (exact) mass is 342 g/mol. The SMILES string of the molecule is O=C(NNC(=O)c1cc(-c2cccc(Cl)c2)on1)c1ccccn1. The Balaban J connectivity index is 1.65. The molecule has 0 aliphatic heterocycles. The van der Waals surface area contributed by atoms with E-state index >= 15 is 0 Å². The Morgan fingerprint density at radius 3 is 2.46 bits per heavy atom. The topological polar surface area (TPSA) is 97.1 Å². The molecule has 8 heteroatoms. The van der Waals surface area contributed by atoms with E-state index in [0.717, 1.165) is 0 Å². The lowest BCUT2D eigenvalue weighted by Gasteiger charge is -2.04. The van der Waals surface area contributed by atoms with E-state index in [9.17, 15) is 9.59 Å². The van der Waals surface area contributed by atoms with E-state index in [1.54, 1.807) is 36.4 Å². The molecule has 0 saturated heterocycles. The summed E-state index contributed by atoms with van der Waals surface area (Å²) < 4.78 is 5.12. The molecule has 0 spiro atoms. The third-order valence-electron chi connectivity index (χ3n) is 3.04. The molecule has 1 aromatic carbocycles. The van der Waals surface area contributed by atoms with Gasteiger partial charge in [-0.15, -0.1) is 0 Å². The molecule has 2 N–H and O–H groups in total. The van der Waals surface area contributed by atoms with Crippen LogP contribution >= 0.6 is 11.6 Å². The maximum Gasteiger partial charge on any atom is 0.291 e. The Kier molecular flexibility index (Phi) is 4.53. The van der Waals surface area contributed by atoms with Gasteiger partial charge in [0.15, 0.2) is 11.5 Å². The first-order chi connectivity index (χ1) is 11.6. The van der Waals surface area contributed by atoms with Crippen molar-refractivity contribution in [3.8, 4) is 11.3 Å². The molecule has 0 atom stereocenters. The number of aromatic nitrogens is 2. The van der Waals surface area contributed by atoms with Gasteiger partial charge < -0.3 is 4.52 Å². The molecule has 2 amide bonds. The Bertz CT molecular complexity index is 880. The van der Waals surface area contributed by atoms with Gasteiger partial charge in [0, 0.05) is 22.8 Å². The first-order valence-corrected chi connectivity index (χ1v) is 7.25. The molecule has 0 aliphatic rings. The molecular formula is C16H11ClN4O3. The smallest absolute Gasteiger partial charge is 0.291 e. The summed E-state index contributed by atoms with van der Waals surface area (Å²) in [7, 11) is 0. The van der Waals surface area contributed by atoms with E-state index in [1.165, 1.54) is 18.3 Å². The number of hydrazine groups is 1. The van der Waals surface area contributed by atoms with Crippen molar-refractivity contribution in [3.05, 3.63) is 71.1 Å². The van der Waals surface area contributed by atoms with Crippen LogP contribution in [0, 0.1) is 0 Å². The minimum absolute atomic E-state index is 0.0197. The van der Waals surface area contributed by atoms with Crippen LogP contribution in [0.3, 0.4) is 0 Å². The molecule has 7 nitrogen and oxygen atoms in total. The first kappa shape index (κ1) is 15.7. The second kappa shape index (κ2) is 6.93. The number of halogens is 1. The van der Waals surface area contributed by atoms with Gasteiger partial charge in [-0.2, -0.15) is 0 Å². The highest BCUT2D eigenvalue weighted by Crippen LogP contribution is 2.23. The van der Waals surface area contributed by atoms with Gasteiger partial charge in [0.1, 0.15) is 5.69 Å². The zero-order chi connectivity index (χ0) is 16.9. The highest BCUT2D eigenvalue weighted by atomic mass is 35.5. The number of carbonyl (C=O) groups excluding carboxylic acids is 2. The average Bonchev–Trinajstić information content (AvgIpc) is 3.10. The van der Waals surface area contributed by atoms with Crippen LogP contribution in [0.25, 0.3) is 11.3 Å². The van der Waals surface area contributed by atoms with Crippen molar-refractivity contribution in [2.45, 2.75) is 0 Å². The minimum Gasteiger partial charge on any atom is -0.355 e. The molecular weight excluding hydrogens is 332 g/mol. The standard InChI is InChI=1S/C16H11ClN4O3/c17-11-5-3-4-10(8-11)14-9-13(21-24-14)16(23)20-19-15(22)12-6-1-2-7-18-12/h1-9H,(H,19,22)(H,20,23). The van der Waals surface area contributed by atoms with Crippen molar-refractivity contribution in [3.63, 3.8) is 0 Å². The van der Waals surface area contributed by atoms with E-state index < -0.39 is 11.8 Å². The molecule has 120 valence electrons. The summed E-state index contributed by atoms with van der Waals surface area (Å²) in [4.78, 5) is 27.7. The zero-order valence-electron chi connectivity index (χ0n) is 12.2. The molecule has 0 radical (unpaired) electrons. The van der Waals surface area contributed by atoms with Crippen molar-refractivity contribution < 1.29 is 14.1 Å². The lowest BCUT2D eigenvalue weighted by Crippen LogP contribution is -2.42. The van der Waals surface area contributed by atoms with Crippen LogP contribution < -0.4 is 10.9 Å². The summed E-state index contributed by atoms with van der Waals surface area (Å²) in [6, 6.07) is 13.3. The number of hydrogen-bond acceptors (Lipinski definition) is 5. The number of rotatable bonds is 3. The number of nitrogens with one attached hydrogen (secondary N) is 2. The largest absolute Gasteiger partial charge is 0.355 e. The van der Waals surface area contributed by atoms with Gasteiger partial charge in [0.25, 0.3) is 11.8 Å². The summed E-state index contributed by atoms with van der Waals surface area (Å²) in [6.45, 7) is 0. The number of amides is 2. The summed E-state index contributed by atoms with van der Waals surface area (Å²) >= 11 is 5.91. The number of pyridine rings is 1. The Labute approximate surface area is 141 Å². The molecule has 0 unspecified atom stereocenters. The molecule has 0 fully saturated rings. The van der Waals surface area contributed by atoms with Crippen LogP contribution in [0.15, 0.2) is 59.3 Å². The Morgan fingerprint density at radius 1 is 0.958 bits per heavy atom. The lowest BCUT2D eigenvalue weighted by molar-refractivity contribution is 0.0839. The molecule has 2 aromatic heterocycles. The van der Waals surface area contributed by atoms with E-state index in [2.05, 4.69) is 21.0 Å². The van der Waals surface area contributed by atoms with E-state index in [1.807, 2.05) is 0 Å². The summed E-state index contributed by atoms with van der Waals surface area (Å²) in [5.74, 6) is -0.766. The quantitative estimate of drug-likeness (QED) is 0.713. The first-order valence-electron chi connectivity index (χ1n) is 6.88. The number of hydrogen-bond donors (Lipinski definition) is 2. The van der Waals surface area contributed by atoms with E-state index in [-0.39, 0.29) is 11.4 Å². The van der Waals surface area contributed by atoms with Gasteiger partial charge in [-0.1, -0.05) is 35.0 Å². The second-order valence-corrected chi connectivity index (χ2v) is 5.15. The lowest BCUT2D eigenvalue weighted by atomic mass is 10.1. The predicted octanol–water partition coefficient (Wildman–Crippen LogP) is 2.46. The third-order valence-corrected chi connectivity index (χ3v) is 3.27. The minimum atomic E-state index is -0.615. The van der Waals surface area contributed by atoms with Gasteiger partial charge in [0.05, 0.1) is 0 Å². The van der Waals surface area contributed by atoms with Gasteiger partial charge >= 0.3 is 0 Å². The number of carbonyl (C=O) groups is 2. The zero-order valence-corrected chi connectivity index (χ0v) is 12.9. The van der Waals surface area contributed by atoms with Crippen LogP contribution in [-0.4, -0.2) is 22.0 Å².